The molecule has 2 N–H and O–H groups in total. The van der Waals surface area contributed by atoms with Crippen molar-refractivity contribution in [2.24, 2.45) is 0 Å². The topological polar surface area (TPSA) is 106 Å². The highest BCUT2D eigenvalue weighted by molar-refractivity contribution is 7.99. The average molecular weight is 378 g/mol. The van der Waals surface area contributed by atoms with E-state index in [0.717, 1.165) is 12.8 Å². The summed E-state index contributed by atoms with van der Waals surface area (Å²) in [4.78, 5) is 35.4. The van der Waals surface area contributed by atoms with Crippen molar-refractivity contribution in [3.05, 3.63) is 40.3 Å². The molecule has 0 spiro atoms. The van der Waals surface area contributed by atoms with Gasteiger partial charge in [-0.3, -0.25) is 9.36 Å². The number of carbonyl (C=O) groups excluding carboxylic acids is 2. The van der Waals surface area contributed by atoms with Crippen LogP contribution in [0.3, 0.4) is 0 Å². The standard InChI is InChI=1S/C17H22N4O4S/c1-3-9-21-16(24)19-20-17(21)26-11-14(22)18-13-7-5-12(6-8-13)15(23)25-10-4-2/h5-8H,3-4,9-11H2,1-2H3,(H,18,22)(H,19,24). The first kappa shape index (κ1) is 19.8. The number of benzene rings is 1. The van der Waals surface area contributed by atoms with Gasteiger partial charge >= 0.3 is 11.7 Å². The maximum Gasteiger partial charge on any atom is 0.343 e. The maximum atomic E-state index is 12.1. The fourth-order valence-electron chi connectivity index (χ4n) is 2.13. The molecule has 1 amide bonds. The van der Waals surface area contributed by atoms with E-state index < -0.39 is 0 Å². The molecule has 1 heterocycles. The number of amides is 1. The summed E-state index contributed by atoms with van der Waals surface area (Å²) >= 11 is 1.19. The molecular formula is C17H22N4O4S. The van der Waals surface area contributed by atoms with Crippen LogP contribution in [-0.4, -0.2) is 39.0 Å². The predicted octanol–water partition coefficient (Wildman–Crippen LogP) is 2.28. The number of nitrogens with one attached hydrogen (secondary N) is 2. The van der Waals surface area contributed by atoms with E-state index in [2.05, 4.69) is 15.5 Å². The van der Waals surface area contributed by atoms with E-state index in [1.54, 1.807) is 24.3 Å². The molecule has 9 heteroatoms. The molecule has 8 nitrogen and oxygen atoms in total. The number of nitrogens with zero attached hydrogens (tertiary/aromatic N) is 2. The lowest BCUT2D eigenvalue weighted by Crippen LogP contribution is -2.18. The van der Waals surface area contributed by atoms with Gasteiger partial charge < -0.3 is 10.1 Å². The molecule has 140 valence electrons. The fourth-order valence-corrected chi connectivity index (χ4v) is 2.90. The molecule has 0 bridgehead atoms. The summed E-state index contributed by atoms with van der Waals surface area (Å²) in [6, 6.07) is 6.50. The van der Waals surface area contributed by atoms with Crippen LogP contribution in [0.4, 0.5) is 5.69 Å². The van der Waals surface area contributed by atoms with Crippen LogP contribution in [0.25, 0.3) is 0 Å². The van der Waals surface area contributed by atoms with E-state index in [1.165, 1.54) is 16.3 Å². The molecule has 0 unspecified atom stereocenters. The number of carbonyl (C=O) groups is 2. The van der Waals surface area contributed by atoms with Crippen LogP contribution in [0, 0.1) is 0 Å². The van der Waals surface area contributed by atoms with Crippen LogP contribution in [0.15, 0.2) is 34.2 Å². The first-order chi connectivity index (χ1) is 12.5. The second-order valence-electron chi connectivity index (χ2n) is 5.51. The summed E-state index contributed by atoms with van der Waals surface area (Å²) in [6.07, 6.45) is 1.56. The zero-order valence-electron chi connectivity index (χ0n) is 14.8. The van der Waals surface area contributed by atoms with E-state index in [1.807, 2.05) is 13.8 Å². The van der Waals surface area contributed by atoms with E-state index in [-0.39, 0.29) is 23.3 Å². The molecule has 0 aliphatic carbocycles. The van der Waals surface area contributed by atoms with Gasteiger partial charge in [0.15, 0.2) is 5.16 Å². The summed E-state index contributed by atoms with van der Waals surface area (Å²) in [5.41, 5.74) is 0.738. The number of rotatable bonds is 9. The molecule has 26 heavy (non-hydrogen) atoms. The fraction of sp³-hybridized carbons (Fsp3) is 0.412. The van der Waals surface area contributed by atoms with E-state index >= 15 is 0 Å². The molecule has 0 fully saturated rings. The summed E-state index contributed by atoms with van der Waals surface area (Å²) in [7, 11) is 0. The number of esters is 1. The van der Waals surface area contributed by atoms with Crippen LogP contribution in [0.1, 0.15) is 37.0 Å². The number of H-pyrrole nitrogens is 1. The Labute approximate surface area is 155 Å². The molecule has 0 saturated carbocycles. The Balaban J connectivity index is 1.88. The molecule has 0 radical (unpaired) electrons. The van der Waals surface area contributed by atoms with Crippen LogP contribution in [0.2, 0.25) is 0 Å². The van der Waals surface area contributed by atoms with Gasteiger partial charge in [0, 0.05) is 12.2 Å². The lowest BCUT2D eigenvalue weighted by atomic mass is 10.2. The van der Waals surface area contributed by atoms with E-state index in [4.69, 9.17) is 4.74 Å². The minimum atomic E-state index is -0.382. The summed E-state index contributed by atoms with van der Waals surface area (Å²) in [5.74, 6) is -0.489. The van der Waals surface area contributed by atoms with Crippen molar-refractivity contribution in [2.45, 2.75) is 38.4 Å². The van der Waals surface area contributed by atoms with Crippen molar-refractivity contribution in [1.29, 1.82) is 0 Å². The molecule has 0 saturated heterocycles. The monoisotopic (exact) mass is 378 g/mol. The number of anilines is 1. The van der Waals surface area contributed by atoms with Gasteiger partial charge in [0.2, 0.25) is 5.91 Å². The van der Waals surface area contributed by atoms with Crippen molar-refractivity contribution in [3.8, 4) is 0 Å². The Morgan fingerprint density at radius 2 is 1.96 bits per heavy atom. The first-order valence-electron chi connectivity index (χ1n) is 8.40. The molecule has 1 aromatic heterocycles. The lowest BCUT2D eigenvalue weighted by Gasteiger charge is -2.07. The first-order valence-corrected chi connectivity index (χ1v) is 9.38. The Hall–Kier alpha value is -2.55. The van der Waals surface area contributed by atoms with Gasteiger partial charge in [0.25, 0.3) is 0 Å². The third-order valence-corrected chi connectivity index (χ3v) is 4.32. The van der Waals surface area contributed by atoms with Crippen molar-refractivity contribution >= 4 is 29.3 Å². The minimum absolute atomic E-state index is 0.119. The zero-order valence-corrected chi connectivity index (χ0v) is 15.6. The van der Waals surface area contributed by atoms with E-state index in [0.29, 0.717) is 29.6 Å². The van der Waals surface area contributed by atoms with Crippen LogP contribution in [-0.2, 0) is 16.1 Å². The number of ether oxygens (including phenoxy) is 1. The van der Waals surface area contributed by atoms with Gasteiger partial charge in [-0.2, -0.15) is 0 Å². The smallest absolute Gasteiger partial charge is 0.343 e. The number of hydrogen-bond acceptors (Lipinski definition) is 6. The van der Waals surface area contributed by atoms with Crippen molar-refractivity contribution < 1.29 is 14.3 Å². The summed E-state index contributed by atoms with van der Waals surface area (Å²) in [6.45, 7) is 4.82. The highest BCUT2D eigenvalue weighted by atomic mass is 32.2. The van der Waals surface area contributed by atoms with Gasteiger partial charge in [-0.1, -0.05) is 25.6 Å². The predicted molar refractivity (Wildman–Crippen MR) is 99.5 cm³/mol. The molecule has 1 aromatic carbocycles. The minimum Gasteiger partial charge on any atom is -0.462 e. The van der Waals surface area contributed by atoms with Crippen molar-refractivity contribution in [1.82, 2.24) is 14.8 Å². The Morgan fingerprint density at radius 3 is 2.62 bits per heavy atom. The maximum absolute atomic E-state index is 12.1. The number of aromatic amines is 1. The molecule has 0 aliphatic rings. The third kappa shape index (κ3) is 5.48. The largest absolute Gasteiger partial charge is 0.462 e. The molecular weight excluding hydrogens is 356 g/mol. The van der Waals surface area contributed by atoms with Gasteiger partial charge in [-0.05, 0) is 37.1 Å². The Bertz CT molecular complexity index is 798. The van der Waals surface area contributed by atoms with E-state index in [9.17, 15) is 14.4 Å². The summed E-state index contributed by atoms with van der Waals surface area (Å²) < 4.78 is 6.56. The summed E-state index contributed by atoms with van der Waals surface area (Å²) in [5, 5.41) is 9.54. The van der Waals surface area contributed by atoms with Gasteiger partial charge in [-0.15, -0.1) is 5.10 Å². The lowest BCUT2D eigenvalue weighted by molar-refractivity contribution is -0.113. The van der Waals surface area contributed by atoms with Gasteiger partial charge in [-0.25, -0.2) is 14.7 Å². The number of aromatic nitrogens is 3. The molecule has 0 aliphatic heterocycles. The van der Waals surface area contributed by atoms with Crippen LogP contribution < -0.4 is 11.0 Å². The molecule has 0 atom stereocenters. The second kappa shape index (κ2) is 9.81. The van der Waals surface area contributed by atoms with Gasteiger partial charge in [0.1, 0.15) is 0 Å². The Kier molecular flexibility index (Phi) is 7.46. The van der Waals surface area contributed by atoms with Crippen molar-refractivity contribution in [3.63, 3.8) is 0 Å². The normalized spacial score (nSPS) is 10.5. The highest BCUT2D eigenvalue weighted by Gasteiger charge is 2.11. The zero-order chi connectivity index (χ0) is 18.9. The van der Waals surface area contributed by atoms with Crippen LogP contribution >= 0.6 is 11.8 Å². The highest BCUT2D eigenvalue weighted by Crippen LogP contribution is 2.15. The number of thioether (sulfide) groups is 1. The quantitative estimate of drug-likeness (QED) is 0.512. The van der Waals surface area contributed by atoms with Crippen molar-refractivity contribution in [2.75, 3.05) is 17.7 Å². The molecule has 2 rings (SSSR count). The van der Waals surface area contributed by atoms with Crippen LogP contribution in [0.5, 0.6) is 0 Å². The Morgan fingerprint density at radius 1 is 1.23 bits per heavy atom. The molecule has 2 aromatic rings. The van der Waals surface area contributed by atoms with Gasteiger partial charge in [0.05, 0.1) is 17.9 Å². The third-order valence-electron chi connectivity index (χ3n) is 3.34. The SMILES string of the molecule is CCCOC(=O)c1ccc(NC(=O)CSc2n[nH]c(=O)n2CCC)cc1. The average Bonchev–Trinajstić information content (AvgIpc) is 2.99. The number of hydrogen-bond donors (Lipinski definition) is 2. The second-order valence-corrected chi connectivity index (χ2v) is 6.46.